The molecule has 0 bridgehead atoms. The molecule has 10 heteroatoms. The fraction of sp³-hybridized carbons (Fsp3) is 0.700. The average Bonchev–Trinajstić information content (AvgIpc) is 3.50. The molecular weight excluding hydrogens is 528 g/mol. The number of aryl methyl sites for hydroxylation is 1. The number of carbonyl (C=O) groups excluding carboxylic acids is 3. The summed E-state index contributed by atoms with van der Waals surface area (Å²) in [5.41, 5.74) is 2.69. The predicted octanol–water partition coefficient (Wildman–Crippen LogP) is 3.42. The van der Waals surface area contributed by atoms with E-state index >= 15 is 0 Å². The molecule has 1 aromatic carbocycles. The highest BCUT2D eigenvalue weighted by atomic mass is 32.2. The van der Waals surface area contributed by atoms with Crippen LogP contribution in [-0.2, 0) is 31.4 Å². The van der Waals surface area contributed by atoms with Gasteiger partial charge in [-0.25, -0.2) is 17.9 Å². The van der Waals surface area contributed by atoms with Crippen LogP contribution in [0, 0.1) is 16.7 Å². The minimum atomic E-state index is -3.37. The lowest BCUT2D eigenvalue weighted by Crippen LogP contribution is -2.52. The summed E-state index contributed by atoms with van der Waals surface area (Å²) in [5.74, 6) is 0.259. The number of hydrogen-bond acceptors (Lipinski definition) is 6. The lowest BCUT2D eigenvalue weighted by atomic mass is 9.63. The highest BCUT2D eigenvalue weighted by Crippen LogP contribution is 2.58. The Morgan fingerprint density at radius 2 is 1.82 bits per heavy atom. The predicted molar refractivity (Wildman–Crippen MR) is 157 cm³/mol. The molecule has 2 fully saturated rings. The summed E-state index contributed by atoms with van der Waals surface area (Å²) in [4.78, 5) is 30.9. The van der Waals surface area contributed by atoms with Gasteiger partial charge in [0.15, 0.2) is 0 Å². The molecule has 1 saturated carbocycles. The van der Waals surface area contributed by atoms with Crippen LogP contribution >= 0.6 is 0 Å². The molecule has 0 radical (unpaired) electrons. The largest absolute Gasteiger partial charge is 0.326 e. The molecule has 3 amide bonds. The Morgan fingerprint density at radius 1 is 1.12 bits per heavy atom. The Balaban J connectivity index is 0.000000371. The van der Waals surface area contributed by atoms with Crippen LogP contribution in [0.4, 0.5) is 4.79 Å². The summed E-state index contributed by atoms with van der Waals surface area (Å²) in [5, 5.41) is 7.73. The second-order valence-corrected chi connectivity index (χ2v) is 14.1. The lowest BCUT2D eigenvalue weighted by molar-refractivity contribution is -0.121. The van der Waals surface area contributed by atoms with Crippen LogP contribution in [-0.4, -0.2) is 58.1 Å². The Morgan fingerprint density at radius 3 is 2.40 bits per heavy atom. The Bertz CT molecular complexity index is 1190. The molecule has 5 unspecified atom stereocenters. The zero-order valence-electron chi connectivity index (χ0n) is 24.9. The average molecular weight is 577 g/mol. The van der Waals surface area contributed by atoms with Gasteiger partial charge in [0, 0.05) is 24.4 Å². The van der Waals surface area contributed by atoms with E-state index in [4.69, 9.17) is 0 Å². The summed E-state index contributed by atoms with van der Waals surface area (Å²) < 4.78 is 29.6. The fourth-order valence-corrected chi connectivity index (χ4v) is 9.39. The van der Waals surface area contributed by atoms with E-state index in [1.54, 1.807) is 0 Å². The first-order valence-electron chi connectivity index (χ1n) is 14.6. The van der Waals surface area contributed by atoms with Crippen molar-refractivity contribution in [2.24, 2.45) is 16.7 Å². The normalized spacial score (nSPS) is 30.7. The Kier molecular flexibility index (Phi) is 10.2. The third-order valence-corrected chi connectivity index (χ3v) is 12.0. The number of nitrogens with one attached hydrogen (secondary N) is 4. The van der Waals surface area contributed by atoms with E-state index in [1.165, 1.54) is 11.1 Å². The fourth-order valence-electron chi connectivity index (χ4n) is 7.42. The van der Waals surface area contributed by atoms with Gasteiger partial charge in [-0.1, -0.05) is 58.9 Å². The number of amides is 3. The molecule has 1 saturated heterocycles. The second kappa shape index (κ2) is 12.7. The Labute approximate surface area is 240 Å². The molecule has 4 N–H and O–H groups in total. The third kappa shape index (κ3) is 6.29. The molecule has 224 valence electrons. The summed E-state index contributed by atoms with van der Waals surface area (Å²) in [6.45, 7) is 11.7. The molecule has 1 heterocycles. The molecular formula is C30H48N4O5S. The standard InChI is InChI=1S/C25H42N2O2S.C5H6N2O3/c1-7-24(14-13-20-11-9-10-12-21(20)24)15-16-27-30(28,29)18-25(8-2)22(26-6)17-19(3)23(25,4)5;8-2-1-3-4(9)7-5(10)6-3/h9-12,19,22,26-27H,7-8,13-18H2,1-6H3;2-3H,1H2,(H2,6,7,9,10). The van der Waals surface area contributed by atoms with Crippen molar-refractivity contribution in [2.75, 3.05) is 19.3 Å². The molecule has 40 heavy (non-hydrogen) atoms. The van der Waals surface area contributed by atoms with Gasteiger partial charge in [0.25, 0.3) is 5.91 Å². The summed E-state index contributed by atoms with van der Waals surface area (Å²) in [6.07, 6.45) is 6.67. The van der Waals surface area contributed by atoms with Gasteiger partial charge in [0.1, 0.15) is 12.3 Å². The molecule has 2 aliphatic carbocycles. The highest BCUT2D eigenvalue weighted by Gasteiger charge is 2.58. The molecule has 1 aliphatic heterocycles. The van der Waals surface area contributed by atoms with Gasteiger partial charge in [-0.3, -0.25) is 10.1 Å². The van der Waals surface area contributed by atoms with Crippen LogP contribution in [0.3, 0.4) is 0 Å². The van der Waals surface area contributed by atoms with Gasteiger partial charge in [-0.2, -0.15) is 0 Å². The zero-order chi connectivity index (χ0) is 29.8. The maximum Gasteiger partial charge on any atom is 0.322 e. The van der Waals surface area contributed by atoms with Gasteiger partial charge in [-0.15, -0.1) is 0 Å². The van der Waals surface area contributed by atoms with Crippen molar-refractivity contribution in [3.05, 3.63) is 35.4 Å². The summed E-state index contributed by atoms with van der Waals surface area (Å²) in [6, 6.07) is 7.73. The van der Waals surface area contributed by atoms with Crippen LogP contribution in [0.25, 0.3) is 0 Å². The number of rotatable bonds is 11. The Hall–Kier alpha value is -2.30. The molecule has 0 aromatic heterocycles. The summed E-state index contributed by atoms with van der Waals surface area (Å²) >= 11 is 0. The van der Waals surface area contributed by atoms with Crippen molar-refractivity contribution in [3.63, 3.8) is 0 Å². The molecule has 1 aromatic rings. The number of benzene rings is 1. The van der Waals surface area contributed by atoms with Crippen LogP contribution in [0.5, 0.6) is 0 Å². The first-order valence-corrected chi connectivity index (χ1v) is 16.2. The van der Waals surface area contributed by atoms with Crippen molar-refractivity contribution in [3.8, 4) is 0 Å². The quantitative estimate of drug-likeness (QED) is 0.236. The number of aldehydes is 1. The molecule has 5 atom stereocenters. The van der Waals surface area contributed by atoms with Crippen LogP contribution < -0.4 is 20.7 Å². The maximum atomic E-state index is 13.3. The SMILES string of the molecule is CCC1(CCNS(=O)(=O)CC2(CC)C(NC)CC(C)C2(C)C)CCc2ccccc21.O=CCC1NC(=O)NC1=O. The number of urea groups is 1. The van der Waals surface area contributed by atoms with Gasteiger partial charge in [0.05, 0.1) is 5.75 Å². The molecule has 3 aliphatic rings. The van der Waals surface area contributed by atoms with E-state index in [2.05, 4.69) is 74.2 Å². The minimum Gasteiger partial charge on any atom is -0.326 e. The van der Waals surface area contributed by atoms with Crippen molar-refractivity contribution in [1.29, 1.82) is 0 Å². The molecule has 4 rings (SSSR count). The van der Waals surface area contributed by atoms with Gasteiger partial charge >= 0.3 is 6.03 Å². The second-order valence-electron chi connectivity index (χ2n) is 12.3. The van der Waals surface area contributed by atoms with Gasteiger partial charge in [-0.05, 0) is 73.4 Å². The van der Waals surface area contributed by atoms with Crippen molar-refractivity contribution >= 4 is 28.2 Å². The van der Waals surface area contributed by atoms with Gasteiger partial charge in [0.2, 0.25) is 10.0 Å². The van der Waals surface area contributed by atoms with E-state index in [9.17, 15) is 22.8 Å². The monoisotopic (exact) mass is 576 g/mol. The minimum absolute atomic E-state index is 0.0286. The smallest absolute Gasteiger partial charge is 0.322 e. The third-order valence-electron chi connectivity index (χ3n) is 10.5. The zero-order valence-corrected chi connectivity index (χ0v) is 25.7. The topological polar surface area (TPSA) is 133 Å². The van der Waals surface area contributed by atoms with Crippen LogP contribution in [0.15, 0.2) is 24.3 Å². The van der Waals surface area contributed by atoms with Crippen molar-refractivity contribution < 1.29 is 22.8 Å². The number of hydrogen-bond donors (Lipinski definition) is 4. The number of imide groups is 1. The number of carbonyl (C=O) groups is 3. The van der Waals surface area contributed by atoms with Crippen molar-refractivity contribution in [2.45, 2.75) is 97.1 Å². The van der Waals surface area contributed by atoms with Crippen LogP contribution in [0.1, 0.15) is 84.3 Å². The maximum absolute atomic E-state index is 13.3. The number of sulfonamides is 1. The van der Waals surface area contributed by atoms with Crippen LogP contribution in [0.2, 0.25) is 0 Å². The first-order chi connectivity index (χ1) is 18.8. The molecule has 0 spiro atoms. The lowest BCUT2D eigenvalue weighted by Gasteiger charge is -2.46. The summed E-state index contributed by atoms with van der Waals surface area (Å²) in [7, 11) is -1.39. The van der Waals surface area contributed by atoms with Gasteiger partial charge < -0.3 is 15.4 Å². The first kappa shape index (κ1) is 32.2. The highest BCUT2D eigenvalue weighted by molar-refractivity contribution is 7.89. The van der Waals surface area contributed by atoms with Crippen molar-refractivity contribution in [1.82, 2.24) is 20.7 Å². The van der Waals surface area contributed by atoms with E-state index in [0.717, 1.165) is 38.5 Å². The molecule has 9 nitrogen and oxygen atoms in total. The van der Waals surface area contributed by atoms with E-state index in [-0.39, 0.29) is 34.5 Å². The number of fused-ring (bicyclic) bond motifs is 1. The van der Waals surface area contributed by atoms with E-state index < -0.39 is 28.0 Å². The van der Waals surface area contributed by atoms with E-state index in [1.807, 2.05) is 12.4 Å². The van der Waals surface area contributed by atoms with E-state index in [0.29, 0.717) is 18.7 Å².